The maximum Gasteiger partial charge on any atom is 0.242 e. The number of rotatable bonds is 11. The molecular formula is C24H32N2O3S. The van der Waals surface area contributed by atoms with Crippen molar-refractivity contribution in [2.45, 2.75) is 51.1 Å². The zero-order valence-corrected chi connectivity index (χ0v) is 19.1. The number of amides is 2. The molecule has 5 nitrogen and oxygen atoms in total. The molecule has 0 saturated carbocycles. The molecule has 30 heavy (non-hydrogen) atoms. The molecule has 0 spiro atoms. The lowest BCUT2D eigenvalue weighted by Gasteiger charge is -2.29. The lowest BCUT2D eigenvalue weighted by Crippen LogP contribution is -2.47. The standard InChI is InChI=1S/C24H32N2O3S/c1-5-14-25-24(28)19(3)26(17-20-7-6-8-21(16-20)29-4)23(27)13-15-30-22-11-9-18(2)10-12-22/h6-12,16,19H,5,13-15,17H2,1-4H3,(H,25,28). The zero-order valence-electron chi connectivity index (χ0n) is 18.3. The van der Waals surface area contributed by atoms with E-state index in [0.717, 1.165) is 22.6 Å². The van der Waals surface area contributed by atoms with Crippen LogP contribution in [0, 0.1) is 6.92 Å². The Bertz CT molecular complexity index is 823. The molecule has 0 heterocycles. The first-order valence-electron chi connectivity index (χ1n) is 10.3. The van der Waals surface area contributed by atoms with Gasteiger partial charge in [0.25, 0.3) is 0 Å². The number of aryl methyl sites for hydroxylation is 1. The Hall–Kier alpha value is -2.47. The molecule has 162 valence electrons. The van der Waals surface area contributed by atoms with E-state index in [2.05, 4.69) is 36.5 Å². The number of nitrogens with zero attached hydrogens (tertiary/aromatic N) is 1. The van der Waals surface area contributed by atoms with Gasteiger partial charge in [-0.25, -0.2) is 0 Å². The summed E-state index contributed by atoms with van der Waals surface area (Å²) in [5, 5.41) is 2.90. The smallest absolute Gasteiger partial charge is 0.242 e. The Kier molecular flexibility index (Phi) is 9.74. The summed E-state index contributed by atoms with van der Waals surface area (Å²) in [6.45, 7) is 6.82. The van der Waals surface area contributed by atoms with Crippen molar-refractivity contribution < 1.29 is 14.3 Å². The third-order valence-corrected chi connectivity index (χ3v) is 5.82. The minimum absolute atomic E-state index is 0.0309. The summed E-state index contributed by atoms with van der Waals surface area (Å²) in [6, 6.07) is 15.3. The highest BCUT2D eigenvalue weighted by atomic mass is 32.2. The molecule has 2 aromatic carbocycles. The first-order chi connectivity index (χ1) is 14.4. The molecule has 2 amide bonds. The van der Waals surface area contributed by atoms with E-state index < -0.39 is 6.04 Å². The minimum atomic E-state index is -0.542. The molecule has 0 saturated heterocycles. The molecule has 0 fully saturated rings. The van der Waals surface area contributed by atoms with Crippen LogP contribution >= 0.6 is 11.8 Å². The summed E-state index contributed by atoms with van der Waals surface area (Å²) >= 11 is 1.65. The molecule has 2 aromatic rings. The van der Waals surface area contributed by atoms with Crippen molar-refractivity contribution in [3.63, 3.8) is 0 Å². The van der Waals surface area contributed by atoms with Crippen LogP contribution in [0.5, 0.6) is 5.75 Å². The maximum atomic E-state index is 13.1. The quantitative estimate of drug-likeness (QED) is 0.538. The first kappa shape index (κ1) is 23.8. The van der Waals surface area contributed by atoms with Crippen molar-refractivity contribution in [2.24, 2.45) is 0 Å². The van der Waals surface area contributed by atoms with Crippen LogP contribution in [-0.2, 0) is 16.1 Å². The van der Waals surface area contributed by atoms with Crippen LogP contribution in [0.4, 0.5) is 0 Å². The Morgan fingerprint density at radius 1 is 1.17 bits per heavy atom. The van der Waals surface area contributed by atoms with Crippen molar-refractivity contribution in [3.8, 4) is 5.75 Å². The summed E-state index contributed by atoms with van der Waals surface area (Å²) in [5.41, 5.74) is 2.15. The third kappa shape index (κ3) is 7.41. The second-order valence-corrected chi connectivity index (χ2v) is 8.42. The molecule has 2 rings (SSSR count). The monoisotopic (exact) mass is 428 g/mol. The van der Waals surface area contributed by atoms with Gasteiger partial charge in [-0.05, 0) is 50.1 Å². The van der Waals surface area contributed by atoms with Gasteiger partial charge in [-0.15, -0.1) is 11.8 Å². The normalized spacial score (nSPS) is 11.6. The number of carbonyl (C=O) groups excluding carboxylic acids is 2. The second-order valence-electron chi connectivity index (χ2n) is 7.25. The van der Waals surface area contributed by atoms with E-state index in [1.54, 1.807) is 30.7 Å². The van der Waals surface area contributed by atoms with Gasteiger partial charge in [0.2, 0.25) is 11.8 Å². The molecule has 0 aliphatic carbocycles. The highest BCUT2D eigenvalue weighted by Crippen LogP contribution is 2.21. The Labute approximate surface area is 184 Å². The summed E-state index contributed by atoms with van der Waals surface area (Å²) in [5.74, 6) is 1.24. The Balaban J connectivity index is 2.06. The van der Waals surface area contributed by atoms with Crippen LogP contribution in [0.2, 0.25) is 0 Å². The van der Waals surface area contributed by atoms with Crippen molar-refractivity contribution >= 4 is 23.6 Å². The van der Waals surface area contributed by atoms with Gasteiger partial charge in [0.05, 0.1) is 7.11 Å². The lowest BCUT2D eigenvalue weighted by molar-refractivity contribution is -0.140. The first-order valence-corrected chi connectivity index (χ1v) is 11.3. The number of hydrogen-bond acceptors (Lipinski definition) is 4. The summed E-state index contributed by atoms with van der Waals surface area (Å²) < 4.78 is 5.29. The lowest BCUT2D eigenvalue weighted by atomic mass is 10.1. The van der Waals surface area contributed by atoms with Gasteiger partial charge in [0.1, 0.15) is 11.8 Å². The van der Waals surface area contributed by atoms with Crippen molar-refractivity contribution in [2.75, 3.05) is 19.4 Å². The highest BCUT2D eigenvalue weighted by Gasteiger charge is 2.25. The topological polar surface area (TPSA) is 58.6 Å². The van der Waals surface area contributed by atoms with E-state index in [-0.39, 0.29) is 11.8 Å². The molecule has 0 aliphatic rings. The van der Waals surface area contributed by atoms with Gasteiger partial charge >= 0.3 is 0 Å². The Morgan fingerprint density at radius 2 is 1.90 bits per heavy atom. The fraction of sp³-hybridized carbons (Fsp3) is 0.417. The number of hydrogen-bond donors (Lipinski definition) is 1. The summed E-state index contributed by atoms with van der Waals surface area (Å²) in [4.78, 5) is 28.4. The second kappa shape index (κ2) is 12.3. The van der Waals surface area contributed by atoms with Gasteiger partial charge < -0.3 is 15.0 Å². The number of benzene rings is 2. The van der Waals surface area contributed by atoms with Gasteiger partial charge in [0.15, 0.2) is 0 Å². The minimum Gasteiger partial charge on any atom is -0.497 e. The van der Waals surface area contributed by atoms with Gasteiger partial charge in [-0.1, -0.05) is 36.8 Å². The third-order valence-electron chi connectivity index (χ3n) is 4.81. The number of thioether (sulfide) groups is 1. The summed E-state index contributed by atoms with van der Waals surface area (Å²) in [6.07, 6.45) is 1.23. The SMILES string of the molecule is CCCNC(=O)C(C)N(Cc1cccc(OC)c1)C(=O)CCSc1ccc(C)cc1. The predicted molar refractivity (Wildman–Crippen MR) is 123 cm³/mol. The van der Waals surface area contributed by atoms with Crippen LogP contribution in [0.25, 0.3) is 0 Å². The van der Waals surface area contributed by atoms with E-state index in [9.17, 15) is 9.59 Å². The fourth-order valence-electron chi connectivity index (χ4n) is 2.98. The van der Waals surface area contributed by atoms with E-state index in [1.165, 1.54) is 5.56 Å². The van der Waals surface area contributed by atoms with E-state index >= 15 is 0 Å². The number of nitrogens with one attached hydrogen (secondary N) is 1. The van der Waals surface area contributed by atoms with Gasteiger partial charge in [-0.3, -0.25) is 9.59 Å². The number of ether oxygens (including phenoxy) is 1. The van der Waals surface area contributed by atoms with Crippen molar-refractivity contribution in [3.05, 3.63) is 59.7 Å². The number of carbonyl (C=O) groups is 2. The molecule has 1 unspecified atom stereocenters. The average molecular weight is 429 g/mol. The van der Waals surface area contributed by atoms with E-state index in [0.29, 0.717) is 25.3 Å². The average Bonchev–Trinajstić information content (AvgIpc) is 2.76. The van der Waals surface area contributed by atoms with Crippen LogP contribution in [0.3, 0.4) is 0 Å². The van der Waals surface area contributed by atoms with Crippen LogP contribution in [0.15, 0.2) is 53.4 Å². The molecule has 0 bridgehead atoms. The molecule has 0 aromatic heterocycles. The van der Waals surface area contributed by atoms with Crippen molar-refractivity contribution in [1.29, 1.82) is 0 Å². The largest absolute Gasteiger partial charge is 0.497 e. The molecule has 0 radical (unpaired) electrons. The molecule has 6 heteroatoms. The Morgan fingerprint density at radius 3 is 2.57 bits per heavy atom. The van der Waals surface area contributed by atoms with Crippen LogP contribution < -0.4 is 10.1 Å². The number of methoxy groups -OCH3 is 1. The molecular weight excluding hydrogens is 396 g/mol. The maximum absolute atomic E-state index is 13.1. The fourth-order valence-corrected chi connectivity index (χ4v) is 3.82. The van der Waals surface area contributed by atoms with Gasteiger partial charge in [-0.2, -0.15) is 0 Å². The van der Waals surface area contributed by atoms with E-state index in [4.69, 9.17) is 4.74 Å². The van der Waals surface area contributed by atoms with Crippen molar-refractivity contribution in [1.82, 2.24) is 10.2 Å². The predicted octanol–water partition coefficient (Wildman–Crippen LogP) is 4.43. The summed E-state index contributed by atoms with van der Waals surface area (Å²) in [7, 11) is 1.62. The zero-order chi connectivity index (χ0) is 21.9. The highest BCUT2D eigenvalue weighted by molar-refractivity contribution is 7.99. The van der Waals surface area contributed by atoms with Crippen LogP contribution in [0.1, 0.15) is 37.8 Å². The molecule has 1 N–H and O–H groups in total. The van der Waals surface area contributed by atoms with Crippen LogP contribution in [-0.4, -0.2) is 42.2 Å². The molecule has 0 aliphatic heterocycles. The van der Waals surface area contributed by atoms with Gasteiger partial charge in [0, 0.05) is 30.2 Å². The molecule has 1 atom stereocenters. The van der Waals surface area contributed by atoms with E-state index in [1.807, 2.05) is 31.2 Å².